The minimum atomic E-state index is -4.70. The van der Waals surface area contributed by atoms with Crippen molar-refractivity contribution in [3.8, 4) is 11.5 Å². The molecule has 0 atom stereocenters. The smallest absolute Gasteiger partial charge is 0.416 e. The molecule has 138 valence electrons. The van der Waals surface area contributed by atoms with Gasteiger partial charge in [0.25, 0.3) is 5.91 Å². The van der Waals surface area contributed by atoms with Gasteiger partial charge in [0.05, 0.1) is 24.2 Å². The van der Waals surface area contributed by atoms with Gasteiger partial charge in [-0.25, -0.2) is 19.3 Å². The largest absolute Gasteiger partial charge is 0.454 e. The van der Waals surface area contributed by atoms with Crippen molar-refractivity contribution in [2.45, 2.75) is 6.18 Å². The van der Waals surface area contributed by atoms with Crippen molar-refractivity contribution in [3.05, 3.63) is 72.2 Å². The summed E-state index contributed by atoms with van der Waals surface area (Å²) in [4.78, 5) is 23.3. The second-order valence-electron chi connectivity index (χ2n) is 5.24. The van der Waals surface area contributed by atoms with Gasteiger partial charge in [0.1, 0.15) is 23.7 Å². The third kappa shape index (κ3) is 4.75. The highest BCUT2D eigenvalue weighted by molar-refractivity contribution is 6.04. The summed E-state index contributed by atoms with van der Waals surface area (Å²) < 4.78 is 57.6. The molecule has 0 spiro atoms. The third-order valence-electron chi connectivity index (χ3n) is 3.24. The Balaban J connectivity index is 1.92. The normalized spacial score (nSPS) is 11.1. The molecule has 1 N–H and O–H groups in total. The molecule has 0 saturated heterocycles. The second-order valence-corrected chi connectivity index (χ2v) is 5.24. The van der Waals surface area contributed by atoms with Crippen LogP contribution in [0.25, 0.3) is 0 Å². The lowest BCUT2D eigenvalue weighted by molar-refractivity contribution is -0.137. The van der Waals surface area contributed by atoms with Crippen LogP contribution < -0.4 is 10.1 Å². The molecule has 0 fully saturated rings. The summed E-state index contributed by atoms with van der Waals surface area (Å²) in [6.45, 7) is 0. The first-order valence-electron chi connectivity index (χ1n) is 7.39. The van der Waals surface area contributed by atoms with E-state index in [2.05, 4.69) is 20.3 Å². The van der Waals surface area contributed by atoms with E-state index in [0.29, 0.717) is 6.07 Å². The first-order chi connectivity index (χ1) is 12.8. The van der Waals surface area contributed by atoms with E-state index in [9.17, 15) is 22.4 Å². The number of hydrogen-bond donors (Lipinski definition) is 1. The number of benzene rings is 1. The molecule has 0 aliphatic rings. The number of aromatic nitrogens is 3. The molecule has 2 aromatic heterocycles. The van der Waals surface area contributed by atoms with E-state index in [-0.39, 0.29) is 22.9 Å². The summed E-state index contributed by atoms with van der Waals surface area (Å²) in [5.41, 5.74) is -1.39. The predicted molar refractivity (Wildman–Crippen MR) is 85.7 cm³/mol. The standard InChI is InChI=1S/C17H10F4N4O2/c18-12-1-2-15(24-6-12)25-16(26)10-3-11(17(19,20)21)5-13(4-10)27-14-7-22-9-23-8-14/h1-9H,(H,24,25,26). The lowest BCUT2D eigenvalue weighted by Gasteiger charge is -2.13. The monoisotopic (exact) mass is 378 g/mol. The topological polar surface area (TPSA) is 77.0 Å². The average Bonchev–Trinajstić information content (AvgIpc) is 2.63. The molecule has 27 heavy (non-hydrogen) atoms. The number of rotatable bonds is 4. The van der Waals surface area contributed by atoms with E-state index in [1.165, 1.54) is 24.8 Å². The molecule has 0 saturated carbocycles. The van der Waals surface area contributed by atoms with Gasteiger partial charge < -0.3 is 10.1 Å². The van der Waals surface area contributed by atoms with Crippen LogP contribution >= 0.6 is 0 Å². The highest BCUT2D eigenvalue weighted by atomic mass is 19.4. The summed E-state index contributed by atoms with van der Waals surface area (Å²) in [5, 5.41) is 2.29. The molecule has 6 nitrogen and oxygen atoms in total. The Labute approximate surface area is 149 Å². The summed E-state index contributed by atoms with van der Waals surface area (Å²) in [7, 11) is 0. The number of amides is 1. The van der Waals surface area contributed by atoms with Crippen LogP contribution in [0.1, 0.15) is 15.9 Å². The van der Waals surface area contributed by atoms with Crippen LogP contribution in [-0.2, 0) is 6.18 Å². The maximum Gasteiger partial charge on any atom is 0.416 e. The Morgan fingerprint density at radius 1 is 1.00 bits per heavy atom. The van der Waals surface area contributed by atoms with Gasteiger partial charge in [-0.1, -0.05) is 0 Å². The van der Waals surface area contributed by atoms with Gasteiger partial charge in [-0.3, -0.25) is 4.79 Å². The number of ether oxygens (including phenoxy) is 1. The van der Waals surface area contributed by atoms with Gasteiger partial charge >= 0.3 is 6.18 Å². The number of carbonyl (C=O) groups is 1. The molecular weight excluding hydrogens is 368 g/mol. The van der Waals surface area contributed by atoms with Gasteiger partial charge in [-0.05, 0) is 30.3 Å². The van der Waals surface area contributed by atoms with Crippen LogP contribution in [0, 0.1) is 5.82 Å². The number of carbonyl (C=O) groups excluding carboxylic acids is 1. The minimum Gasteiger partial charge on any atom is -0.454 e. The third-order valence-corrected chi connectivity index (χ3v) is 3.24. The molecule has 3 aromatic rings. The SMILES string of the molecule is O=C(Nc1ccc(F)cn1)c1cc(Oc2cncnc2)cc(C(F)(F)F)c1. The van der Waals surface area contributed by atoms with Crippen LogP contribution in [0.3, 0.4) is 0 Å². The van der Waals surface area contributed by atoms with Crippen molar-refractivity contribution >= 4 is 11.7 Å². The number of hydrogen-bond acceptors (Lipinski definition) is 5. The first kappa shape index (κ1) is 18.2. The summed E-state index contributed by atoms with van der Waals surface area (Å²) in [5.74, 6) is -1.62. The molecule has 10 heteroatoms. The van der Waals surface area contributed by atoms with Crippen LogP contribution in [-0.4, -0.2) is 20.9 Å². The van der Waals surface area contributed by atoms with Crippen molar-refractivity contribution in [3.63, 3.8) is 0 Å². The quantitative estimate of drug-likeness (QED) is 0.693. The Hall–Kier alpha value is -3.56. The molecule has 0 aliphatic heterocycles. The average molecular weight is 378 g/mol. The zero-order valence-electron chi connectivity index (χ0n) is 13.4. The van der Waals surface area contributed by atoms with Crippen LogP contribution in [0.15, 0.2) is 55.2 Å². The fraction of sp³-hybridized carbons (Fsp3) is 0.0588. The summed E-state index contributed by atoms with van der Waals surface area (Å²) in [6.07, 6.45) is -0.0835. The van der Waals surface area contributed by atoms with E-state index >= 15 is 0 Å². The zero-order valence-corrected chi connectivity index (χ0v) is 13.4. The van der Waals surface area contributed by atoms with Crippen molar-refractivity contribution in [2.24, 2.45) is 0 Å². The fourth-order valence-electron chi connectivity index (χ4n) is 2.07. The van der Waals surface area contributed by atoms with Gasteiger partial charge in [0.2, 0.25) is 0 Å². The number of pyridine rings is 1. The Morgan fingerprint density at radius 2 is 1.74 bits per heavy atom. The molecule has 0 radical (unpaired) electrons. The van der Waals surface area contributed by atoms with E-state index < -0.39 is 23.5 Å². The van der Waals surface area contributed by atoms with Crippen LogP contribution in [0.5, 0.6) is 11.5 Å². The van der Waals surface area contributed by atoms with Crippen LogP contribution in [0.4, 0.5) is 23.4 Å². The highest BCUT2D eigenvalue weighted by Crippen LogP contribution is 2.34. The first-order valence-corrected chi connectivity index (χ1v) is 7.39. The minimum absolute atomic E-state index is 0.0160. The molecule has 0 unspecified atom stereocenters. The number of nitrogens with one attached hydrogen (secondary N) is 1. The summed E-state index contributed by atoms with van der Waals surface area (Å²) >= 11 is 0. The van der Waals surface area contributed by atoms with Crippen molar-refractivity contribution in [2.75, 3.05) is 5.32 Å². The number of alkyl halides is 3. The predicted octanol–water partition coefficient (Wildman–Crippen LogP) is 4.07. The Bertz CT molecular complexity index is 947. The molecule has 0 bridgehead atoms. The van der Waals surface area contributed by atoms with Gasteiger partial charge in [0, 0.05) is 5.56 Å². The molecule has 0 aliphatic carbocycles. The van der Waals surface area contributed by atoms with E-state index in [1.807, 2.05) is 0 Å². The van der Waals surface area contributed by atoms with Crippen molar-refractivity contribution in [1.29, 1.82) is 0 Å². The van der Waals surface area contributed by atoms with E-state index in [4.69, 9.17) is 4.74 Å². The maximum atomic E-state index is 13.2. The van der Waals surface area contributed by atoms with Gasteiger partial charge in [0.15, 0.2) is 5.75 Å². The fourth-order valence-corrected chi connectivity index (χ4v) is 2.07. The Kier molecular flexibility index (Phi) is 4.97. The van der Waals surface area contributed by atoms with E-state index in [1.54, 1.807) is 0 Å². The lowest BCUT2D eigenvalue weighted by atomic mass is 10.1. The van der Waals surface area contributed by atoms with Crippen molar-refractivity contribution < 1.29 is 27.1 Å². The maximum absolute atomic E-state index is 13.2. The number of halogens is 4. The van der Waals surface area contributed by atoms with Gasteiger partial charge in [-0.2, -0.15) is 13.2 Å². The zero-order chi connectivity index (χ0) is 19.4. The molecule has 1 amide bonds. The van der Waals surface area contributed by atoms with Crippen molar-refractivity contribution in [1.82, 2.24) is 15.0 Å². The molecule has 1 aromatic carbocycles. The molecule has 3 rings (SSSR count). The Morgan fingerprint density at radius 3 is 2.37 bits per heavy atom. The van der Waals surface area contributed by atoms with Crippen LogP contribution in [0.2, 0.25) is 0 Å². The van der Waals surface area contributed by atoms with E-state index in [0.717, 1.165) is 24.4 Å². The lowest BCUT2D eigenvalue weighted by Crippen LogP contribution is -2.15. The summed E-state index contributed by atoms with van der Waals surface area (Å²) in [6, 6.07) is 4.78. The number of anilines is 1. The molecular formula is C17H10F4N4O2. The second kappa shape index (κ2) is 7.36. The number of nitrogens with zero attached hydrogens (tertiary/aromatic N) is 3. The molecule has 2 heterocycles. The van der Waals surface area contributed by atoms with Gasteiger partial charge in [-0.15, -0.1) is 0 Å². The highest BCUT2D eigenvalue weighted by Gasteiger charge is 2.32.